The number of aryl methyl sites for hydroxylation is 3. The number of hydrogen-bond acceptors (Lipinski definition) is 2. The Hall–Kier alpha value is -1.30. The zero-order chi connectivity index (χ0) is 16.1. The van der Waals surface area contributed by atoms with Gasteiger partial charge < -0.3 is 10.6 Å². The highest BCUT2D eigenvalue weighted by molar-refractivity contribution is 7.80. The molecule has 2 rings (SSSR count). The molecule has 2 aromatic rings. The molecule has 22 heavy (non-hydrogen) atoms. The summed E-state index contributed by atoms with van der Waals surface area (Å²) in [5.74, 6) is 0. The fourth-order valence-electron chi connectivity index (χ4n) is 2.01. The Morgan fingerprint density at radius 2 is 2.09 bits per heavy atom. The van der Waals surface area contributed by atoms with E-state index in [0.29, 0.717) is 21.8 Å². The molecule has 118 valence electrons. The summed E-state index contributed by atoms with van der Waals surface area (Å²) in [4.78, 5) is 0. The van der Waals surface area contributed by atoms with Gasteiger partial charge in [-0.15, -0.1) is 0 Å². The summed E-state index contributed by atoms with van der Waals surface area (Å²) in [5.41, 5.74) is 2.92. The highest BCUT2D eigenvalue weighted by Crippen LogP contribution is 2.24. The van der Waals surface area contributed by atoms with Gasteiger partial charge in [0.05, 0.1) is 5.69 Å². The van der Waals surface area contributed by atoms with Crippen LogP contribution in [-0.2, 0) is 6.54 Å². The normalized spacial score (nSPS) is 10.5. The van der Waals surface area contributed by atoms with E-state index in [-0.39, 0.29) is 0 Å². The molecule has 0 aliphatic heterocycles. The van der Waals surface area contributed by atoms with E-state index >= 15 is 0 Å². The lowest BCUT2D eigenvalue weighted by atomic mass is 10.2. The molecule has 0 bridgehead atoms. The Bertz CT molecular complexity index is 670. The second-order valence-electron chi connectivity index (χ2n) is 5.02. The van der Waals surface area contributed by atoms with Crippen molar-refractivity contribution in [1.29, 1.82) is 0 Å². The van der Waals surface area contributed by atoms with Crippen molar-refractivity contribution in [3.63, 3.8) is 0 Å². The highest BCUT2D eigenvalue weighted by atomic mass is 35.5. The number of thiocarbonyl (C=S) groups is 1. The minimum atomic E-state index is 0.486. The standard InChI is InChI=1S/C15H18Cl2N4S/c1-10-5-3-6-12(9-10)19-15(22)18-7-4-8-21-14(17)13(16)11(2)20-21/h3,5-6,9H,4,7-8H2,1-2H3,(H2,18,19,22). The van der Waals surface area contributed by atoms with Crippen LogP contribution in [0.15, 0.2) is 24.3 Å². The molecule has 0 amide bonds. The number of halogens is 2. The van der Waals surface area contributed by atoms with Crippen molar-refractivity contribution in [3.8, 4) is 0 Å². The molecule has 2 N–H and O–H groups in total. The SMILES string of the molecule is Cc1cccc(NC(=S)NCCCn2nc(C)c(Cl)c2Cl)c1. The van der Waals surface area contributed by atoms with Crippen LogP contribution in [0, 0.1) is 13.8 Å². The molecule has 7 heteroatoms. The van der Waals surface area contributed by atoms with Crippen molar-refractivity contribution in [2.24, 2.45) is 0 Å². The molecule has 0 atom stereocenters. The lowest BCUT2D eigenvalue weighted by Gasteiger charge is -2.11. The molecule has 4 nitrogen and oxygen atoms in total. The Labute approximate surface area is 145 Å². The minimum absolute atomic E-state index is 0.486. The van der Waals surface area contributed by atoms with Gasteiger partial charge in [-0.3, -0.25) is 4.68 Å². The Balaban J connectivity index is 1.74. The number of nitrogens with zero attached hydrogens (tertiary/aromatic N) is 2. The van der Waals surface area contributed by atoms with Crippen LogP contribution in [0.3, 0.4) is 0 Å². The third-order valence-corrected chi connectivity index (χ3v) is 4.28. The average Bonchev–Trinajstić information content (AvgIpc) is 2.71. The van der Waals surface area contributed by atoms with Crippen molar-refractivity contribution in [2.75, 3.05) is 11.9 Å². The van der Waals surface area contributed by atoms with Crippen molar-refractivity contribution in [2.45, 2.75) is 26.8 Å². The van der Waals surface area contributed by atoms with E-state index in [1.807, 2.05) is 38.1 Å². The van der Waals surface area contributed by atoms with Gasteiger partial charge in [-0.1, -0.05) is 35.3 Å². The lowest BCUT2D eigenvalue weighted by Crippen LogP contribution is -2.29. The summed E-state index contributed by atoms with van der Waals surface area (Å²) in [7, 11) is 0. The van der Waals surface area contributed by atoms with Crippen LogP contribution in [0.1, 0.15) is 17.7 Å². The summed E-state index contributed by atoms with van der Waals surface area (Å²) >= 11 is 17.4. The van der Waals surface area contributed by atoms with E-state index in [4.69, 9.17) is 35.4 Å². The molecular formula is C15H18Cl2N4S. The fraction of sp³-hybridized carbons (Fsp3) is 0.333. The second-order valence-corrected chi connectivity index (χ2v) is 6.16. The van der Waals surface area contributed by atoms with Crippen LogP contribution in [0.25, 0.3) is 0 Å². The van der Waals surface area contributed by atoms with Crippen molar-refractivity contribution >= 4 is 46.2 Å². The number of aromatic nitrogens is 2. The van der Waals surface area contributed by atoms with E-state index < -0.39 is 0 Å². The van der Waals surface area contributed by atoms with Gasteiger partial charge in [0.2, 0.25) is 0 Å². The fourth-order valence-corrected chi connectivity index (χ4v) is 2.62. The number of nitrogens with one attached hydrogen (secondary N) is 2. The number of anilines is 1. The van der Waals surface area contributed by atoms with Gasteiger partial charge in [-0.05, 0) is 50.2 Å². The average molecular weight is 357 g/mol. The third-order valence-electron chi connectivity index (χ3n) is 3.10. The molecule has 0 fully saturated rings. The quantitative estimate of drug-likeness (QED) is 0.622. The summed E-state index contributed by atoms with van der Waals surface area (Å²) in [5, 5.41) is 12.2. The highest BCUT2D eigenvalue weighted by Gasteiger charge is 2.10. The second kappa shape index (κ2) is 7.81. The first kappa shape index (κ1) is 17.1. The summed E-state index contributed by atoms with van der Waals surface area (Å²) in [6.07, 6.45) is 0.840. The minimum Gasteiger partial charge on any atom is -0.362 e. The van der Waals surface area contributed by atoms with Crippen molar-refractivity contribution in [1.82, 2.24) is 15.1 Å². The summed E-state index contributed by atoms with van der Waals surface area (Å²) in [6, 6.07) is 8.06. The zero-order valence-electron chi connectivity index (χ0n) is 12.5. The topological polar surface area (TPSA) is 41.9 Å². The molecule has 0 aliphatic carbocycles. The van der Waals surface area contributed by atoms with Crippen LogP contribution in [0.2, 0.25) is 10.2 Å². The first-order valence-electron chi connectivity index (χ1n) is 6.97. The molecule has 0 aliphatic rings. The van der Waals surface area contributed by atoms with Crippen LogP contribution in [0.4, 0.5) is 5.69 Å². The first-order valence-corrected chi connectivity index (χ1v) is 8.13. The monoisotopic (exact) mass is 356 g/mol. The molecule has 1 heterocycles. The van der Waals surface area contributed by atoms with E-state index in [9.17, 15) is 0 Å². The Kier molecular flexibility index (Phi) is 6.06. The zero-order valence-corrected chi connectivity index (χ0v) is 14.8. The molecule has 1 aromatic heterocycles. The third kappa shape index (κ3) is 4.60. The molecule has 0 spiro atoms. The number of rotatable bonds is 5. The summed E-state index contributed by atoms with van der Waals surface area (Å²) in [6.45, 7) is 5.30. The van der Waals surface area contributed by atoms with Gasteiger partial charge in [-0.2, -0.15) is 5.10 Å². The van der Waals surface area contributed by atoms with E-state index in [1.165, 1.54) is 5.56 Å². The predicted octanol–water partition coefficient (Wildman–Crippen LogP) is 4.18. The van der Waals surface area contributed by atoms with E-state index in [2.05, 4.69) is 15.7 Å². The van der Waals surface area contributed by atoms with Crippen LogP contribution < -0.4 is 10.6 Å². The Morgan fingerprint density at radius 3 is 2.73 bits per heavy atom. The maximum atomic E-state index is 6.09. The van der Waals surface area contributed by atoms with E-state index in [1.54, 1.807) is 4.68 Å². The van der Waals surface area contributed by atoms with Crippen LogP contribution in [-0.4, -0.2) is 21.4 Å². The van der Waals surface area contributed by atoms with Crippen molar-refractivity contribution in [3.05, 3.63) is 45.7 Å². The van der Waals surface area contributed by atoms with Gasteiger partial charge in [0.1, 0.15) is 10.2 Å². The molecule has 1 aromatic carbocycles. The van der Waals surface area contributed by atoms with Gasteiger partial charge in [0.25, 0.3) is 0 Å². The van der Waals surface area contributed by atoms with Crippen LogP contribution in [0.5, 0.6) is 0 Å². The van der Waals surface area contributed by atoms with Gasteiger partial charge in [0.15, 0.2) is 5.11 Å². The molecule has 0 radical (unpaired) electrons. The van der Waals surface area contributed by atoms with Crippen LogP contribution >= 0.6 is 35.4 Å². The molecule has 0 saturated heterocycles. The van der Waals surface area contributed by atoms with Crippen molar-refractivity contribution < 1.29 is 0 Å². The predicted molar refractivity (Wildman–Crippen MR) is 97.0 cm³/mol. The maximum absolute atomic E-state index is 6.09. The summed E-state index contributed by atoms with van der Waals surface area (Å²) < 4.78 is 1.71. The molecular weight excluding hydrogens is 339 g/mol. The lowest BCUT2D eigenvalue weighted by molar-refractivity contribution is 0.571. The first-order chi connectivity index (χ1) is 10.5. The Morgan fingerprint density at radius 1 is 1.32 bits per heavy atom. The molecule has 0 unspecified atom stereocenters. The van der Waals surface area contributed by atoms with Gasteiger partial charge in [0, 0.05) is 18.8 Å². The smallest absolute Gasteiger partial charge is 0.170 e. The number of benzene rings is 1. The van der Waals surface area contributed by atoms with E-state index in [0.717, 1.165) is 24.3 Å². The largest absolute Gasteiger partial charge is 0.362 e. The maximum Gasteiger partial charge on any atom is 0.170 e. The van der Waals surface area contributed by atoms with Gasteiger partial charge >= 0.3 is 0 Å². The molecule has 0 saturated carbocycles. The number of hydrogen-bond donors (Lipinski definition) is 2. The van der Waals surface area contributed by atoms with Gasteiger partial charge in [-0.25, -0.2) is 0 Å².